The van der Waals surface area contributed by atoms with Crippen molar-refractivity contribution >= 4 is 33.3 Å². The van der Waals surface area contributed by atoms with E-state index in [2.05, 4.69) is 20.7 Å². The molecule has 0 spiro atoms. The number of carbonyl (C=O) groups excluding carboxylic acids is 1. The van der Waals surface area contributed by atoms with Gasteiger partial charge in [-0.1, -0.05) is 18.2 Å². The Morgan fingerprint density at radius 2 is 2.25 bits per heavy atom. The number of amides is 1. The highest BCUT2D eigenvalue weighted by atomic mass is 32.1. The van der Waals surface area contributed by atoms with Gasteiger partial charge in [-0.15, -0.1) is 0 Å². The molecule has 102 valence electrons. The normalized spacial score (nSPS) is 10.8. The lowest BCUT2D eigenvalue weighted by atomic mass is 10.1. The second kappa shape index (κ2) is 5.46. The second-order valence-corrected chi connectivity index (χ2v) is 5.55. The molecule has 0 fully saturated rings. The Balaban J connectivity index is 1.63. The van der Waals surface area contributed by atoms with Crippen LogP contribution in [0.1, 0.15) is 17.7 Å². The van der Waals surface area contributed by atoms with E-state index in [1.807, 2.05) is 37.4 Å². The number of fused-ring (bicyclic) bond motifs is 1. The average molecular weight is 285 g/mol. The third kappa shape index (κ3) is 2.72. The number of nitrogens with one attached hydrogen (secondary N) is 2. The number of aryl methyl sites for hydroxylation is 2. The van der Waals surface area contributed by atoms with Gasteiger partial charge in [0.25, 0.3) is 0 Å². The van der Waals surface area contributed by atoms with Crippen LogP contribution < -0.4 is 5.32 Å². The zero-order chi connectivity index (χ0) is 13.9. The third-order valence-electron chi connectivity index (χ3n) is 3.19. The first kappa shape index (κ1) is 12.9. The van der Waals surface area contributed by atoms with Crippen molar-refractivity contribution < 1.29 is 4.79 Å². The number of rotatable bonds is 4. The molecule has 3 rings (SSSR count). The van der Waals surface area contributed by atoms with Gasteiger partial charge in [0.15, 0.2) is 0 Å². The standard InChI is InChI=1S/C15H15N3OS/c1-10-8-15(20-18-10)17-14(19)7-6-11-9-16-13-5-3-2-4-12(11)13/h2-5,8-9,16H,6-7H2,1H3,(H,17,19). The van der Waals surface area contributed by atoms with Gasteiger partial charge in [-0.25, -0.2) is 0 Å². The molecule has 0 radical (unpaired) electrons. The molecule has 3 aromatic rings. The molecule has 0 aliphatic heterocycles. The molecule has 0 saturated carbocycles. The highest BCUT2D eigenvalue weighted by molar-refractivity contribution is 7.10. The predicted octanol–water partition coefficient (Wildman–Crippen LogP) is 3.50. The van der Waals surface area contributed by atoms with Gasteiger partial charge in [-0.3, -0.25) is 4.79 Å². The predicted molar refractivity (Wildman–Crippen MR) is 82.1 cm³/mol. The molecular formula is C15H15N3OS. The summed E-state index contributed by atoms with van der Waals surface area (Å²) < 4.78 is 4.14. The van der Waals surface area contributed by atoms with Gasteiger partial charge in [-0.2, -0.15) is 4.37 Å². The lowest BCUT2D eigenvalue weighted by Crippen LogP contribution is -2.11. The van der Waals surface area contributed by atoms with E-state index in [-0.39, 0.29) is 5.91 Å². The molecule has 0 aliphatic carbocycles. The molecule has 20 heavy (non-hydrogen) atoms. The highest BCUT2D eigenvalue weighted by Gasteiger charge is 2.08. The van der Waals surface area contributed by atoms with Crippen LogP contribution in [0.3, 0.4) is 0 Å². The van der Waals surface area contributed by atoms with Crippen molar-refractivity contribution in [2.75, 3.05) is 5.32 Å². The van der Waals surface area contributed by atoms with Crippen LogP contribution >= 0.6 is 11.5 Å². The quantitative estimate of drug-likeness (QED) is 0.770. The molecule has 5 heteroatoms. The van der Waals surface area contributed by atoms with E-state index in [0.717, 1.165) is 22.6 Å². The van der Waals surface area contributed by atoms with Gasteiger partial charge < -0.3 is 10.3 Å². The Bertz CT molecular complexity index is 744. The fourth-order valence-corrected chi connectivity index (χ4v) is 2.89. The number of hydrogen-bond acceptors (Lipinski definition) is 3. The van der Waals surface area contributed by atoms with E-state index in [0.29, 0.717) is 6.42 Å². The zero-order valence-electron chi connectivity index (χ0n) is 11.1. The van der Waals surface area contributed by atoms with E-state index >= 15 is 0 Å². The molecular weight excluding hydrogens is 270 g/mol. The number of para-hydroxylation sites is 1. The maximum atomic E-state index is 11.9. The number of carbonyl (C=O) groups is 1. The first-order chi connectivity index (χ1) is 9.72. The van der Waals surface area contributed by atoms with Gasteiger partial charge in [0, 0.05) is 23.5 Å². The van der Waals surface area contributed by atoms with Gasteiger partial charge in [0.1, 0.15) is 5.00 Å². The van der Waals surface area contributed by atoms with Crippen LogP contribution in [-0.4, -0.2) is 15.3 Å². The molecule has 0 aliphatic rings. The lowest BCUT2D eigenvalue weighted by Gasteiger charge is -2.01. The maximum Gasteiger partial charge on any atom is 0.225 e. The summed E-state index contributed by atoms with van der Waals surface area (Å²) in [5, 5.41) is 4.88. The molecule has 0 atom stereocenters. The van der Waals surface area contributed by atoms with Crippen molar-refractivity contribution in [3.8, 4) is 0 Å². The minimum atomic E-state index is 0.0268. The maximum absolute atomic E-state index is 11.9. The summed E-state index contributed by atoms with van der Waals surface area (Å²) >= 11 is 1.32. The van der Waals surface area contributed by atoms with Crippen LogP contribution in [0.2, 0.25) is 0 Å². The number of anilines is 1. The number of hydrogen-bond donors (Lipinski definition) is 2. The summed E-state index contributed by atoms with van der Waals surface area (Å²) in [6.45, 7) is 1.91. The smallest absolute Gasteiger partial charge is 0.225 e. The Hall–Kier alpha value is -2.14. The van der Waals surface area contributed by atoms with Gasteiger partial charge in [0.2, 0.25) is 5.91 Å². The first-order valence-corrected chi connectivity index (χ1v) is 7.28. The summed E-state index contributed by atoms with van der Waals surface area (Å²) in [6, 6.07) is 10.0. The van der Waals surface area contributed by atoms with Crippen molar-refractivity contribution in [1.29, 1.82) is 0 Å². The van der Waals surface area contributed by atoms with E-state index in [1.54, 1.807) is 0 Å². The molecule has 0 bridgehead atoms. The highest BCUT2D eigenvalue weighted by Crippen LogP contribution is 2.20. The van der Waals surface area contributed by atoms with Crippen LogP contribution in [-0.2, 0) is 11.2 Å². The fourth-order valence-electron chi connectivity index (χ4n) is 2.21. The van der Waals surface area contributed by atoms with Gasteiger partial charge in [-0.05, 0) is 42.6 Å². The SMILES string of the molecule is Cc1cc(NC(=O)CCc2c[nH]c3ccccc23)sn1. The van der Waals surface area contributed by atoms with E-state index in [1.165, 1.54) is 22.5 Å². The molecule has 2 heterocycles. The Labute approximate surface area is 121 Å². The fraction of sp³-hybridized carbons (Fsp3) is 0.200. The lowest BCUT2D eigenvalue weighted by molar-refractivity contribution is -0.116. The van der Waals surface area contributed by atoms with Crippen LogP contribution in [0, 0.1) is 6.92 Å². The Kier molecular flexibility index (Phi) is 3.52. The van der Waals surface area contributed by atoms with E-state index < -0.39 is 0 Å². The minimum absolute atomic E-state index is 0.0268. The molecule has 1 aromatic carbocycles. The summed E-state index contributed by atoms with van der Waals surface area (Å²) in [5.74, 6) is 0.0268. The van der Waals surface area contributed by atoms with Crippen molar-refractivity contribution in [2.45, 2.75) is 19.8 Å². The Morgan fingerprint density at radius 3 is 3.05 bits per heavy atom. The zero-order valence-corrected chi connectivity index (χ0v) is 12.0. The number of nitrogens with zero attached hydrogens (tertiary/aromatic N) is 1. The summed E-state index contributed by atoms with van der Waals surface area (Å²) in [7, 11) is 0. The Morgan fingerprint density at radius 1 is 1.40 bits per heavy atom. The van der Waals surface area contributed by atoms with Crippen LogP contribution in [0.15, 0.2) is 36.5 Å². The first-order valence-electron chi connectivity index (χ1n) is 6.50. The van der Waals surface area contributed by atoms with Crippen LogP contribution in [0.4, 0.5) is 5.00 Å². The van der Waals surface area contributed by atoms with Crippen molar-refractivity contribution in [3.63, 3.8) is 0 Å². The molecule has 2 N–H and O–H groups in total. The number of benzene rings is 1. The van der Waals surface area contributed by atoms with Crippen molar-refractivity contribution in [2.24, 2.45) is 0 Å². The van der Waals surface area contributed by atoms with E-state index in [4.69, 9.17) is 0 Å². The van der Waals surface area contributed by atoms with Gasteiger partial charge in [0.05, 0.1) is 5.69 Å². The second-order valence-electron chi connectivity index (χ2n) is 4.74. The van der Waals surface area contributed by atoms with Crippen LogP contribution in [0.5, 0.6) is 0 Å². The molecule has 2 aromatic heterocycles. The van der Waals surface area contributed by atoms with Crippen molar-refractivity contribution in [3.05, 3.63) is 47.8 Å². The molecule has 0 unspecified atom stereocenters. The van der Waals surface area contributed by atoms with Gasteiger partial charge >= 0.3 is 0 Å². The largest absolute Gasteiger partial charge is 0.361 e. The number of H-pyrrole nitrogens is 1. The number of aromatic nitrogens is 2. The summed E-state index contributed by atoms with van der Waals surface area (Å²) in [6.07, 6.45) is 3.18. The van der Waals surface area contributed by atoms with Crippen molar-refractivity contribution in [1.82, 2.24) is 9.36 Å². The third-order valence-corrected chi connectivity index (χ3v) is 3.98. The minimum Gasteiger partial charge on any atom is -0.361 e. The molecule has 1 amide bonds. The molecule has 4 nitrogen and oxygen atoms in total. The average Bonchev–Trinajstić information content (AvgIpc) is 3.03. The monoisotopic (exact) mass is 285 g/mol. The van der Waals surface area contributed by atoms with Crippen LogP contribution in [0.25, 0.3) is 10.9 Å². The van der Waals surface area contributed by atoms with E-state index in [9.17, 15) is 4.79 Å². The summed E-state index contributed by atoms with van der Waals surface area (Å²) in [4.78, 5) is 15.1. The summed E-state index contributed by atoms with van der Waals surface area (Å²) in [5.41, 5.74) is 3.22. The topological polar surface area (TPSA) is 57.8 Å². The molecule has 0 saturated heterocycles. The number of aromatic amines is 1.